The standard InChI is InChI=1S/C13H17N3O5/c1-3-7-13(2,11(17)18)15-12(19)14-9-5-4-6-10(8-9)16(20)21/h4-6,8H,3,7H2,1-2H3,(H,17,18)(H2,14,15,19). The number of carbonyl (C=O) groups is 2. The molecule has 0 aliphatic rings. The van der Waals surface area contributed by atoms with Gasteiger partial charge < -0.3 is 15.7 Å². The minimum absolute atomic E-state index is 0.164. The summed E-state index contributed by atoms with van der Waals surface area (Å²) < 4.78 is 0. The molecule has 0 saturated carbocycles. The topological polar surface area (TPSA) is 122 Å². The van der Waals surface area contributed by atoms with Crippen LogP contribution < -0.4 is 10.6 Å². The minimum Gasteiger partial charge on any atom is -0.480 e. The molecule has 1 aromatic carbocycles. The summed E-state index contributed by atoms with van der Waals surface area (Å²) in [6.45, 7) is 3.22. The molecule has 8 nitrogen and oxygen atoms in total. The lowest BCUT2D eigenvalue weighted by Gasteiger charge is -2.25. The average molecular weight is 295 g/mol. The molecule has 21 heavy (non-hydrogen) atoms. The molecule has 0 radical (unpaired) electrons. The number of aliphatic carboxylic acids is 1. The Hall–Kier alpha value is -2.64. The summed E-state index contributed by atoms with van der Waals surface area (Å²) in [5.41, 5.74) is -1.34. The van der Waals surface area contributed by atoms with E-state index >= 15 is 0 Å². The Bertz CT molecular complexity index is 560. The van der Waals surface area contributed by atoms with E-state index in [2.05, 4.69) is 10.6 Å². The van der Waals surface area contributed by atoms with Gasteiger partial charge in [-0.15, -0.1) is 0 Å². The molecule has 1 rings (SSSR count). The first-order valence-corrected chi connectivity index (χ1v) is 6.35. The summed E-state index contributed by atoms with van der Waals surface area (Å²) in [6, 6.07) is 4.66. The van der Waals surface area contributed by atoms with E-state index in [1.165, 1.54) is 31.2 Å². The minimum atomic E-state index is -1.39. The third-order valence-electron chi connectivity index (χ3n) is 2.93. The normalized spacial score (nSPS) is 13.0. The number of non-ortho nitro benzene ring substituents is 1. The lowest BCUT2D eigenvalue weighted by Crippen LogP contribution is -2.53. The summed E-state index contributed by atoms with van der Waals surface area (Å²) in [4.78, 5) is 33.1. The molecule has 3 N–H and O–H groups in total. The number of carbonyl (C=O) groups excluding carboxylic acids is 1. The molecule has 0 aromatic heterocycles. The van der Waals surface area contributed by atoms with Crippen molar-refractivity contribution in [3.63, 3.8) is 0 Å². The molecule has 114 valence electrons. The zero-order valence-corrected chi connectivity index (χ0v) is 11.8. The predicted molar refractivity (Wildman–Crippen MR) is 76.2 cm³/mol. The van der Waals surface area contributed by atoms with E-state index < -0.39 is 22.5 Å². The SMILES string of the molecule is CCCC(C)(NC(=O)Nc1cccc([N+](=O)[O-])c1)C(=O)O. The van der Waals surface area contributed by atoms with Gasteiger partial charge in [-0.2, -0.15) is 0 Å². The van der Waals surface area contributed by atoms with Crippen LogP contribution in [0.4, 0.5) is 16.2 Å². The number of nitro groups is 1. The maximum Gasteiger partial charge on any atom is 0.329 e. The maximum atomic E-state index is 11.8. The summed E-state index contributed by atoms with van der Waals surface area (Å²) in [7, 11) is 0. The quantitative estimate of drug-likeness (QED) is 0.549. The van der Waals surface area contributed by atoms with Crippen LogP contribution in [0.15, 0.2) is 24.3 Å². The highest BCUT2D eigenvalue weighted by atomic mass is 16.6. The van der Waals surface area contributed by atoms with Crippen LogP contribution in [0, 0.1) is 10.1 Å². The maximum absolute atomic E-state index is 11.8. The summed E-state index contributed by atoms with van der Waals surface area (Å²) in [5, 5.41) is 24.6. The van der Waals surface area contributed by atoms with Crippen LogP contribution >= 0.6 is 0 Å². The van der Waals surface area contributed by atoms with E-state index in [1.807, 2.05) is 0 Å². The largest absolute Gasteiger partial charge is 0.480 e. The summed E-state index contributed by atoms with van der Waals surface area (Å²) in [5.74, 6) is -1.14. The highest BCUT2D eigenvalue weighted by Gasteiger charge is 2.33. The first kappa shape index (κ1) is 16.4. The van der Waals surface area contributed by atoms with Crippen molar-refractivity contribution in [2.75, 3.05) is 5.32 Å². The van der Waals surface area contributed by atoms with Crippen LogP contribution in [-0.2, 0) is 4.79 Å². The van der Waals surface area contributed by atoms with Crippen molar-refractivity contribution in [2.45, 2.75) is 32.2 Å². The van der Waals surface area contributed by atoms with Gasteiger partial charge >= 0.3 is 12.0 Å². The van der Waals surface area contributed by atoms with E-state index in [1.54, 1.807) is 6.92 Å². The molecule has 0 spiro atoms. The van der Waals surface area contributed by atoms with Crippen molar-refractivity contribution in [3.05, 3.63) is 34.4 Å². The van der Waals surface area contributed by atoms with Gasteiger partial charge in [-0.1, -0.05) is 19.4 Å². The number of carboxylic acids is 1. The van der Waals surface area contributed by atoms with Crippen LogP contribution in [0.1, 0.15) is 26.7 Å². The smallest absolute Gasteiger partial charge is 0.329 e. The van der Waals surface area contributed by atoms with E-state index in [0.29, 0.717) is 6.42 Å². The molecule has 0 heterocycles. The zero-order valence-electron chi connectivity index (χ0n) is 11.8. The molecule has 0 bridgehead atoms. The first-order valence-electron chi connectivity index (χ1n) is 6.35. The molecule has 2 amide bonds. The van der Waals surface area contributed by atoms with Crippen molar-refractivity contribution < 1.29 is 19.6 Å². The van der Waals surface area contributed by atoms with Crippen LogP contribution in [0.25, 0.3) is 0 Å². The van der Waals surface area contributed by atoms with E-state index in [-0.39, 0.29) is 17.8 Å². The molecular formula is C13H17N3O5. The molecule has 0 fully saturated rings. The third-order valence-corrected chi connectivity index (χ3v) is 2.93. The van der Waals surface area contributed by atoms with Gasteiger partial charge in [-0.3, -0.25) is 10.1 Å². The fourth-order valence-electron chi connectivity index (χ4n) is 1.83. The van der Waals surface area contributed by atoms with Gasteiger partial charge in [0.1, 0.15) is 5.54 Å². The number of nitrogens with one attached hydrogen (secondary N) is 2. The van der Waals surface area contributed by atoms with Crippen molar-refractivity contribution in [2.24, 2.45) is 0 Å². The number of amides is 2. The number of nitro benzene ring substituents is 1. The number of anilines is 1. The second-order valence-electron chi connectivity index (χ2n) is 4.77. The Balaban J connectivity index is 2.79. The van der Waals surface area contributed by atoms with Crippen LogP contribution in [0.5, 0.6) is 0 Å². The molecule has 8 heteroatoms. The van der Waals surface area contributed by atoms with Gasteiger partial charge in [0.05, 0.1) is 4.92 Å². The van der Waals surface area contributed by atoms with Gasteiger partial charge in [0.2, 0.25) is 0 Å². The van der Waals surface area contributed by atoms with Crippen molar-refractivity contribution >= 4 is 23.4 Å². The van der Waals surface area contributed by atoms with Crippen LogP contribution in [0.2, 0.25) is 0 Å². The van der Waals surface area contributed by atoms with Crippen molar-refractivity contribution in [1.29, 1.82) is 0 Å². The number of benzene rings is 1. The molecule has 1 atom stereocenters. The molecule has 0 aliphatic heterocycles. The third kappa shape index (κ3) is 4.44. The monoisotopic (exact) mass is 295 g/mol. The fourth-order valence-corrected chi connectivity index (χ4v) is 1.83. The molecular weight excluding hydrogens is 278 g/mol. The number of rotatable bonds is 6. The lowest BCUT2D eigenvalue weighted by atomic mass is 9.97. The number of nitrogens with zero attached hydrogens (tertiary/aromatic N) is 1. The summed E-state index contributed by atoms with van der Waals surface area (Å²) >= 11 is 0. The van der Waals surface area contributed by atoms with Gasteiger partial charge in [0.25, 0.3) is 5.69 Å². The Labute approximate surface area is 121 Å². The van der Waals surface area contributed by atoms with Crippen molar-refractivity contribution in [3.8, 4) is 0 Å². The number of hydrogen-bond acceptors (Lipinski definition) is 4. The van der Waals surface area contributed by atoms with Gasteiger partial charge in [0, 0.05) is 17.8 Å². The highest BCUT2D eigenvalue weighted by molar-refractivity contribution is 5.93. The fraction of sp³-hybridized carbons (Fsp3) is 0.385. The molecule has 0 saturated heterocycles. The lowest BCUT2D eigenvalue weighted by molar-refractivity contribution is -0.384. The Morgan fingerprint density at radius 2 is 2.10 bits per heavy atom. The van der Waals surface area contributed by atoms with E-state index in [4.69, 9.17) is 5.11 Å². The average Bonchev–Trinajstić information content (AvgIpc) is 2.38. The zero-order chi connectivity index (χ0) is 16.0. The molecule has 1 unspecified atom stereocenters. The van der Waals surface area contributed by atoms with E-state index in [0.717, 1.165) is 0 Å². The Morgan fingerprint density at radius 1 is 1.43 bits per heavy atom. The summed E-state index contributed by atoms with van der Waals surface area (Å²) in [6.07, 6.45) is 0.852. The molecule has 1 aromatic rings. The van der Waals surface area contributed by atoms with Gasteiger partial charge in [-0.25, -0.2) is 9.59 Å². The van der Waals surface area contributed by atoms with Gasteiger partial charge in [-0.05, 0) is 19.4 Å². The van der Waals surface area contributed by atoms with E-state index in [9.17, 15) is 19.7 Å². The van der Waals surface area contributed by atoms with Crippen molar-refractivity contribution in [1.82, 2.24) is 5.32 Å². The second-order valence-corrected chi connectivity index (χ2v) is 4.77. The second kappa shape index (κ2) is 6.69. The predicted octanol–water partition coefficient (Wildman–Crippen LogP) is 2.36. The number of carboxylic acid groups (broad SMARTS) is 1. The molecule has 0 aliphatic carbocycles. The number of hydrogen-bond donors (Lipinski definition) is 3. The van der Waals surface area contributed by atoms with Gasteiger partial charge in [0.15, 0.2) is 0 Å². The highest BCUT2D eigenvalue weighted by Crippen LogP contribution is 2.18. The van der Waals surface area contributed by atoms with Crippen LogP contribution in [0.3, 0.4) is 0 Å². The number of urea groups is 1. The van der Waals surface area contributed by atoms with Crippen LogP contribution in [-0.4, -0.2) is 27.6 Å². The Kier molecular flexibility index (Phi) is 5.23. The Morgan fingerprint density at radius 3 is 2.62 bits per heavy atom. The first-order chi connectivity index (χ1) is 9.78.